The number of imide groups is 1. The minimum atomic E-state index is -1.30. The Bertz CT molecular complexity index is 1450. The molecule has 0 spiro atoms. The third kappa shape index (κ3) is 4.49. The van der Waals surface area contributed by atoms with Gasteiger partial charge in [0.1, 0.15) is 6.54 Å². The maximum absolute atomic E-state index is 13.8. The van der Waals surface area contributed by atoms with Gasteiger partial charge in [-0.05, 0) is 37.1 Å². The molecule has 1 aliphatic heterocycles. The van der Waals surface area contributed by atoms with Crippen LogP contribution in [0.1, 0.15) is 22.5 Å². The number of urea groups is 1. The first-order valence-corrected chi connectivity index (χ1v) is 12.0. The van der Waals surface area contributed by atoms with Crippen molar-refractivity contribution in [2.24, 2.45) is 0 Å². The molecule has 1 fully saturated rings. The lowest BCUT2D eigenvalue weighted by Crippen LogP contribution is -2.46. The molecule has 1 saturated heterocycles. The van der Waals surface area contributed by atoms with Gasteiger partial charge in [0, 0.05) is 6.42 Å². The monoisotopic (exact) mass is 493 g/mol. The predicted molar refractivity (Wildman–Crippen MR) is 140 cm³/mol. The maximum Gasteiger partial charge on any atom is 0.325 e. The molecular formula is C29H27N5O3. The molecule has 1 aliphatic rings. The van der Waals surface area contributed by atoms with Gasteiger partial charge >= 0.3 is 6.03 Å². The topological polar surface area (TPSA) is 96.3 Å². The molecule has 5 rings (SSSR count). The van der Waals surface area contributed by atoms with E-state index in [0.29, 0.717) is 16.9 Å². The average Bonchev–Trinajstić information content (AvgIpc) is 3.33. The van der Waals surface area contributed by atoms with Gasteiger partial charge in [-0.2, -0.15) is 5.10 Å². The fourth-order valence-electron chi connectivity index (χ4n) is 4.78. The van der Waals surface area contributed by atoms with E-state index in [1.807, 2.05) is 97.9 Å². The van der Waals surface area contributed by atoms with Crippen LogP contribution in [0, 0.1) is 13.8 Å². The van der Waals surface area contributed by atoms with Crippen molar-refractivity contribution in [1.29, 1.82) is 0 Å². The molecule has 1 atom stereocenters. The minimum absolute atomic E-state index is 0.266. The molecule has 1 aromatic heterocycles. The summed E-state index contributed by atoms with van der Waals surface area (Å²) in [6.07, 6.45) is 0.266. The number of benzene rings is 3. The highest BCUT2D eigenvalue weighted by molar-refractivity contribution is 6.10. The molecular weight excluding hydrogens is 466 g/mol. The molecule has 186 valence electrons. The first kappa shape index (κ1) is 24.0. The Morgan fingerprint density at radius 1 is 0.892 bits per heavy atom. The maximum atomic E-state index is 13.8. The highest BCUT2D eigenvalue weighted by Gasteiger charge is 2.52. The molecule has 4 aromatic rings. The SMILES string of the molecule is Cc1nn(-c2ccccc2)c(C)c1NC(=O)CN1C(=O)NC(Cc2ccccc2)(c2ccccc2)C1=O. The number of aryl methyl sites for hydroxylation is 1. The van der Waals surface area contributed by atoms with Gasteiger partial charge in [0.25, 0.3) is 5.91 Å². The first-order valence-electron chi connectivity index (χ1n) is 12.0. The van der Waals surface area contributed by atoms with Crippen molar-refractivity contribution >= 4 is 23.5 Å². The number of carbonyl (C=O) groups is 3. The number of hydrogen-bond acceptors (Lipinski definition) is 4. The van der Waals surface area contributed by atoms with Crippen molar-refractivity contribution in [3.8, 4) is 5.69 Å². The second-order valence-electron chi connectivity index (χ2n) is 9.10. The van der Waals surface area contributed by atoms with Gasteiger partial charge in [-0.1, -0.05) is 78.9 Å². The molecule has 8 nitrogen and oxygen atoms in total. The number of nitrogens with one attached hydrogen (secondary N) is 2. The summed E-state index contributed by atoms with van der Waals surface area (Å²) in [6, 6.07) is 27.6. The summed E-state index contributed by atoms with van der Waals surface area (Å²) >= 11 is 0. The molecule has 0 bridgehead atoms. The minimum Gasteiger partial charge on any atom is -0.321 e. The molecule has 0 saturated carbocycles. The van der Waals surface area contributed by atoms with E-state index in [9.17, 15) is 14.4 Å². The average molecular weight is 494 g/mol. The highest BCUT2D eigenvalue weighted by atomic mass is 16.2. The third-order valence-corrected chi connectivity index (χ3v) is 6.61. The van der Waals surface area contributed by atoms with E-state index in [1.54, 1.807) is 11.6 Å². The molecule has 37 heavy (non-hydrogen) atoms. The van der Waals surface area contributed by atoms with Crippen LogP contribution in [0.4, 0.5) is 10.5 Å². The second kappa shape index (κ2) is 9.73. The van der Waals surface area contributed by atoms with Gasteiger partial charge in [0.15, 0.2) is 5.54 Å². The van der Waals surface area contributed by atoms with E-state index >= 15 is 0 Å². The van der Waals surface area contributed by atoms with E-state index in [2.05, 4.69) is 15.7 Å². The quantitative estimate of drug-likeness (QED) is 0.379. The lowest BCUT2D eigenvalue weighted by atomic mass is 9.83. The lowest BCUT2D eigenvalue weighted by Gasteiger charge is -2.27. The Morgan fingerprint density at radius 2 is 1.49 bits per heavy atom. The largest absolute Gasteiger partial charge is 0.325 e. The van der Waals surface area contributed by atoms with Crippen LogP contribution in [-0.2, 0) is 21.5 Å². The Labute approximate surface area is 214 Å². The Hall–Kier alpha value is -4.72. The normalized spacial score (nSPS) is 17.1. The molecule has 8 heteroatoms. The number of hydrogen-bond donors (Lipinski definition) is 2. The Kier molecular flexibility index (Phi) is 6.31. The van der Waals surface area contributed by atoms with Gasteiger partial charge in [-0.25, -0.2) is 9.48 Å². The number of carbonyl (C=O) groups excluding carboxylic acids is 3. The summed E-state index contributed by atoms with van der Waals surface area (Å²) in [7, 11) is 0. The van der Waals surface area contributed by atoms with Gasteiger partial charge in [0.2, 0.25) is 5.91 Å². The standard InChI is InChI=1S/C29H27N5O3/c1-20-26(21(2)34(32-20)24-16-10-5-11-17-24)30-25(35)19-33-27(36)29(31-28(33)37,23-14-8-4-9-15-23)18-22-12-6-3-7-13-22/h3-17H,18-19H2,1-2H3,(H,30,35)(H,31,37). The van der Waals surface area contributed by atoms with E-state index in [1.165, 1.54) is 0 Å². The fourth-order valence-corrected chi connectivity index (χ4v) is 4.78. The first-order chi connectivity index (χ1) is 17.9. The van der Waals surface area contributed by atoms with E-state index < -0.39 is 29.9 Å². The van der Waals surface area contributed by atoms with Crippen LogP contribution in [0.15, 0.2) is 91.0 Å². The van der Waals surface area contributed by atoms with Crippen LogP contribution in [0.5, 0.6) is 0 Å². The summed E-state index contributed by atoms with van der Waals surface area (Å²) in [5, 5.41) is 10.3. The molecule has 3 aromatic carbocycles. The fraction of sp³-hybridized carbons (Fsp3) is 0.172. The van der Waals surface area contributed by atoms with Gasteiger partial charge in [-0.3, -0.25) is 14.5 Å². The van der Waals surface area contributed by atoms with Crippen molar-refractivity contribution in [1.82, 2.24) is 20.0 Å². The summed E-state index contributed by atoms with van der Waals surface area (Å²) in [5.74, 6) is -0.943. The van der Waals surface area contributed by atoms with Crippen LogP contribution in [-0.4, -0.2) is 39.1 Å². The van der Waals surface area contributed by atoms with Crippen LogP contribution >= 0.6 is 0 Å². The number of para-hydroxylation sites is 1. The van der Waals surface area contributed by atoms with Gasteiger partial charge in [0.05, 0.1) is 22.8 Å². The predicted octanol–water partition coefficient (Wildman–Crippen LogP) is 4.12. The van der Waals surface area contributed by atoms with E-state index in [4.69, 9.17) is 0 Å². The van der Waals surface area contributed by atoms with Crippen molar-refractivity contribution in [2.75, 3.05) is 11.9 Å². The molecule has 2 heterocycles. The summed E-state index contributed by atoms with van der Waals surface area (Å²) in [4.78, 5) is 40.9. The van der Waals surface area contributed by atoms with Gasteiger partial charge in [-0.15, -0.1) is 0 Å². The number of rotatable bonds is 7. The van der Waals surface area contributed by atoms with Crippen LogP contribution < -0.4 is 10.6 Å². The Morgan fingerprint density at radius 3 is 2.14 bits per heavy atom. The summed E-state index contributed by atoms with van der Waals surface area (Å²) in [6.45, 7) is 3.25. The van der Waals surface area contributed by atoms with Crippen LogP contribution in [0.25, 0.3) is 5.69 Å². The number of aromatic nitrogens is 2. The highest BCUT2D eigenvalue weighted by Crippen LogP contribution is 2.33. The second-order valence-corrected chi connectivity index (χ2v) is 9.10. The lowest BCUT2D eigenvalue weighted by molar-refractivity contribution is -0.134. The number of anilines is 1. The third-order valence-electron chi connectivity index (χ3n) is 6.61. The molecule has 4 amide bonds. The van der Waals surface area contributed by atoms with E-state index in [-0.39, 0.29) is 6.42 Å². The molecule has 1 unspecified atom stereocenters. The Balaban J connectivity index is 1.39. The van der Waals surface area contributed by atoms with Crippen LogP contribution in [0.3, 0.4) is 0 Å². The molecule has 0 radical (unpaired) electrons. The smallest absolute Gasteiger partial charge is 0.321 e. The van der Waals surface area contributed by atoms with Gasteiger partial charge < -0.3 is 10.6 Å². The zero-order valence-corrected chi connectivity index (χ0v) is 20.6. The van der Waals surface area contributed by atoms with Crippen molar-refractivity contribution in [3.63, 3.8) is 0 Å². The van der Waals surface area contributed by atoms with E-state index in [0.717, 1.165) is 21.8 Å². The van der Waals surface area contributed by atoms with Crippen LogP contribution in [0.2, 0.25) is 0 Å². The number of nitrogens with zero attached hydrogens (tertiary/aromatic N) is 3. The number of amides is 4. The van der Waals surface area contributed by atoms with Crippen molar-refractivity contribution in [2.45, 2.75) is 25.8 Å². The van der Waals surface area contributed by atoms with Crippen molar-refractivity contribution < 1.29 is 14.4 Å². The zero-order chi connectivity index (χ0) is 26.0. The molecule has 2 N–H and O–H groups in total. The van der Waals surface area contributed by atoms with Crippen molar-refractivity contribution in [3.05, 3.63) is 114 Å². The summed E-state index contributed by atoms with van der Waals surface area (Å²) < 4.78 is 1.75. The molecule has 0 aliphatic carbocycles. The summed E-state index contributed by atoms with van der Waals surface area (Å²) in [5.41, 5.74) is 3.06. The zero-order valence-electron chi connectivity index (χ0n) is 20.6.